The summed E-state index contributed by atoms with van der Waals surface area (Å²) in [4.78, 5) is 36.8. The lowest BCUT2D eigenvalue weighted by molar-refractivity contribution is -0.386. The van der Waals surface area contributed by atoms with Crippen LogP contribution >= 0.6 is 11.8 Å². The first kappa shape index (κ1) is 21.4. The molecule has 1 heterocycles. The van der Waals surface area contributed by atoms with Crippen LogP contribution in [-0.2, 0) is 11.2 Å². The van der Waals surface area contributed by atoms with E-state index in [1.54, 1.807) is 6.92 Å². The highest BCUT2D eigenvalue weighted by molar-refractivity contribution is 8.18. The molecular weight excluding hydrogens is 408 g/mol. The zero-order valence-corrected chi connectivity index (χ0v) is 17.1. The number of nitro benzene ring substituents is 1. The maximum absolute atomic E-state index is 12.7. The molecule has 2 aromatic carbocycles. The van der Waals surface area contributed by atoms with E-state index in [-0.39, 0.29) is 34.6 Å². The van der Waals surface area contributed by atoms with E-state index in [0.29, 0.717) is 6.42 Å². The Balaban J connectivity index is 1.77. The highest BCUT2D eigenvalue weighted by atomic mass is 32.2. The number of hydrogen-bond acceptors (Lipinski definition) is 7. The van der Waals surface area contributed by atoms with Gasteiger partial charge in [-0.3, -0.25) is 24.6 Å². The summed E-state index contributed by atoms with van der Waals surface area (Å²) in [5, 5.41) is 20.8. The first-order valence-electron chi connectivity index (χ1n) is 9.34. The number of nitro groups is 1. The standard InChI is InChI=1S/C21H20N2O6S/c1-2-29-17-12-15(11-16(19(17)24)23(27)28)13-18-20(25)22(21(26)30-18)10-6-9-14-7-4-3-5-8-14/h3-5,7-8,11-13,24H,2,6,9-10H2,1H3/b18-13+. The number of amides is 2. The van der Waals surface area contributed by atoms with Gasteiger partial charge in [0, 0.05) is 12.6 Å². The van der Waals surface area contributed by atoms with Crippen molar-refractivity contribution < 1.29 is 24.4 Å². The van der Waals surface area contributed by atoms with E-state index in [4.69, 9.17) is 4.74 Å². The van der Waals surface area contributed by atoms with Crippen LogP contribution in [0.5, 0.6) is 11.5 Å². The lowest BCUT2D eigenvalue weighted by Gasteiger charge is -2.12. The lowest BCUT2D eigenvalue weighted by Crippen LogP contribution is -2.29. The van der Waals surface area contributed by atoms with Gasteiger partial charge in [0.05, 0.1) is 16.4 Å². The maximum atomic E-state index is 12.7. The quantitative estimate of drug-likeness (QED) is 0.378. The summed E-state index contributed by atoms with van der Waals surface area (Å²) in [6.45, 7) is 2.17. The number of phenolic OH excluding ortho intramolecular Hbond substituents is 1. The predicted molar refractivity (Wildman–Crippen MR) is 113 cm³/mol. The van der Waals surface area contributed by atoms with Crippen molar-refractivity contribution in [3.63, 3.8) is 0 Å². The number of carbonyl (C=O) groups is 2. The Kier molecular flexibility index (Phi) is 6.73. The number of nitrogens with zero attached hydrogens (tertiary/aromatic N) is 2. The molecule has 0 atom stereocenters. The number of imide groups is 1. The van der Waals surface area contributed by atoms with Crippen molar-refractivity contribution in [2.75, 3.05) is 13.2 Å². The van der Waals surface area contributed by atoms with Gasteiger partial charge in [0.1, 0.15) is 0 Å². The van der Waals surface area contributed by atoms with Crippen LogP contribution in [0.2, 0.25) is 0 Å². The van der Waals surface area contributed by atoms with Gasteiger partial charge in [-0.1, -0.05) is 30.3 Å². The molecule has 30 heavy (non-hydrogen) atoms. The Hall–Kier alpha value is -3.33. The van der Waals surface area contributed by atoms with Crippen molar-refractivity contribution in [1.82, 2.24) is 4.90 Å². The minimum atomic E-state index is -0.732. The van der Waals surface area contributed by atoms with Crippen LogP contribution < -0.4 is 4.74 Å². The third kappa shape index (κ3) is 4.80. The molecule has 0 radical (unpaired) electrons. The lowest BCUT2D eigenvalue weighted by atomic mass is 10.1. The number of thioether (sulfide) groups is 1. The summed E-state index contributed by atoms with van der Waals surface area (Å²) in [5.74, 6) is -1.07. The molecule has 156 valence electrons. The number of hydrogen-bond donors (Lipinski definition) is 1. The summed E-state index contributed by atoms with van der Waals surface area (Å²) in [5.41, 5.74) is 0.881. The average Bonchev–Trinajstić information content (AvgIpc) is 2.98. The Morgan fingerprint density at radius 1 is 1.23 bits per heavy atom. The third-order valence-electron chi connectivity index (χ3n) is 4.44. The fourth-order valence-electron chi connectivity index (χ4n) is 3.03. The predicted octanol–water partition coefficient (Wildman–Crippen LogP) is 4.37. The molecule has 1 N–H and O–H groups in total. The number of rotatable bonds is 8. The van der Waals surface area contributed by atoms with E-state index < -0.39 is 22.3 Å². The van der Waals surface area contributed by atoms with Gasteiger partial charge < -0.3 is 9.84 Å². The van der Waals surface area contributed by atoms with Gasteiger partial charge in [-0.05, 0) is 54.8 Å². The topological polar surface area (TPSA) is 110 Å². The Bertz CT molecular complexity index is 1010. The van der Waals surface area contributed by atoms with Crippen molar-refractivity contribution in [3.8, 4) is 11.5 Å². The Morgan fingerprint density at radius 3 is 2.63 bits per heavy atom. The highest BCUT2D eigenvalue weighted by Crippen LogP contribution is 2.39. The van der Waals surface area contributed by atoms with Crippen molar-refractivity contribution in [3.05, 3.63) is 68.6 Å². The van der Waals surface area contributed by atoms with Crippen molar-refractivity contribution in [2.24, 2.45) is 0 Å². The normalized spacial score (nSPS) is 15.1. The van der Waals surface area contributed by atoms with Crippen LogP contribution in [0.3, 0.4) is 0 Å². The molecule has 0 aliphatic carbocycles. The zero-order chi connectivity index (χ0) is 21.7. The highest BCUT2D eigenvalue weighted by Gasteiger charge is 2.34. The summed E-state index contributed by atoms with van der Waals surface area (Å²) in [6, 6.07) is 12.3. The van der Waals surface area contributed by atoms with Gasteiger partial charge in [-0.25, -0.2) is 0 Å². The molecule has 0 unspecified atom stereocenters. The van der Waals surface area contributed by atoms with Crippen molar-refractivity contribution >= 4 is 34.7 Å². The molecule has 2 amide bonds. The second kappa shape index (κ2) is 9.45. The third-order valence-corrected chi connectivity index (χ3v) is 5.34. The first-order chi connectivity index (χ1) is 14.4. The first-order valence-corrected chi connectivity index (χ1v) is 10.2. The fraction of sp³-hybridized carbons (Fsp3) is 0.238. The van der Waals surface area contributed by atoms with Crippen LogP contribution in [0.15, 0.2) is 47.4 Å². The van der Waals surface area contributed by atoms with E-state index in [2.05, 4.69) is 0 Å². The van der Waals surface area contributed by atoms with Crippen molar-refractivity contribution in [1.29, 1.82) is 0 Å². The van der Waals surface area contributed by atoms with Crippen LogP contribution in [-0.4, -0.2) is 39.2 Å². The molecule has 1 aliphatic heterocycles. The summed E-state index contributed by atoms with van der Waals surface area (Å²) < 4.78 is 5.24. The maximum Gasteiger partial charge on any atom is 0.315 e. The molecule has 0 bridgehead atoms. The molecule has 0 saturated carbocycles. The van der Waals surface area contributed by atoms with Gasteiger partial charge in [-0.2, -0.15) is 0 Å². The van der Waals surface area contributed by atoms with Gasteiger partial charge >= 0.3 is 5.69 Å². The summed E-state index contributed by atoms with van der Waals surface area (Å²) >= 11 is 0.786. The van der Waals surface area contributed by atoms with Crippen LogP contribution in [0.1, 0.15) is 24.5 Å². The largest absolute Gasteiger partial charge is 0.500 e. The fourth-order valence-corrected chi connectivity index (χ4v) is 3.90. The number of ether oxygens (including phenoxy) is 1. The molecule has 1 aliphatic rings. The SMILES string of the molecule is CCOc1cc(/C=C2/SC(=O)N(CCCc3ccccc3)C2=O)cc([N+](=O)[O-])c1O. The van der Waals surface area contributed by atoms with E-state index in [0.717, 1.165) is 29.8 Å². The number of aryl methyl sites for hydroxylation is 1. The average molecular weight is 428 g/mol. The molecule has 8 nitrogen and oxygen atoms in total. The molecule has 3 rings (SSSR count). The minimum Gasteiger partial charge on any atom is -0.500 e. The molecular formula is C21H20N2O6S. The minimum absolute atomic E-state index is 0.0555. The Labute approximate surface area is 177 Å². The van der Waals surface area contributed by atoms with E-state index in [9.17, 15) is 24.8 Å². The van der Waals surface area contributed by atoms with Crippen LogP contribution in [0.4, 0.5) is 10.5 Å². The van der Waals surface area contributed by atoms with Gasteiger partial charge in [0.25, 0.3) is 11.1 Å². The molecule has 1 fully saturated rings. The summed E-state index contributed by atoms with van der Waals surface area (Å²) in [7, 11) is 0. The molecule has 1 saturated heterocycles. The van der Waals surface area contributed by atoms with Crippen molar-refractivity contribution in [2.45, 2.75) is 19.8 Å². The van der Waals surface area contributed by atoms with Gasteiger partial charge in [0.15, 0.2) is 5.75 Å². The monoisotopic (exact) mass is 428 g/mol. The second-order valence-electron chi connectivity index (χ2n) is 6.50. The zero-order valence-electron chi connectivity index (χ0n) is 16.2. The van der Waals surface area contributed by atoms with Gasteiger partial charge in [0.2, 0.25) is 5.75 Å². The van der Waals surface area contributed by atoms with E-state index >= 15 is 0 Å². The second-order valence-corrected chi connectivity index (χ2v) is 7.49. The molecule has 2 aromatic rings. The summed E-state index contributed by atoms with van der Waals surface area (Å²) in [6.07, 6.45) is 2.77. The molecule has 9 heteroatoms. The van der Waals surface area contributed by atoms with E-state index in [1.165, 1.54) is 17.0 Å². The van der Waals surface area contributed by atoms with Crippen LogP contribution in [0, 0.1) is 10.1 Å². The number of aromatic hydroxyl groups is 1. The number of carbonyl (C=O) groups excluding carboxylic acids is 2. The van der Waals surface area contributed by atoms with Crippen LogP contribution in [0.25, 0.3) is 6.08 Å². The van der Waals surface area contributed by atoms with Gasteiger partial charge in [-0.15, -0.1) is 0 Å². The number of phenols is 1. The smallest absolute Gasteiger partial charge is 0.315 e. The number of benzene rings is 2. The molecule has 0 spiro atoms. The Morgan fingerprint density at radius 2 is 1.97 bits per heavy atom. The molecule has 0 aromatic heterocycles. The van der Waals surface area contributed by atoms with E-state index in [1.807, 2.05) is 30.3 Å².